The van der Waals surface area contributed by atoms with Gasteiger partial charge in [-0.2, -0.15) is 0 Å². The molecule has 1 aliphatic heterocycles. The molecule has 0 unspecified atom stereocenters. The molecule has 2 aliphatic rings. The summed E-state index contributed by atoms with van der Waals surface area (Å²) in [5.41, 5.74) is 1.07. The number of oxime groups is 1. The van der Waals surface area contributed by atoms with Gasteiger partial charge in [0.1, 0.15) is 6.10 Å². The van der Waals surface area contributed by atoms with Crippen molar-refractivity contribution in [1.82, 2.24) is 0 Å². The van der Waals surface area contributed by atoms with Gasteiger partial charge in [-0.05, 0) is 19.3 Å². The summed E-state index contributed by atoms with van der Waals surface area (Å²) in [6.45, 7) is 0. The largest absolute Gasteiger partial charge is 0.392 e. The quantitative estimate of drug-likeness (QED) is 0.557. The fourth-order valence-corrected chi connectivity index (χ4v) is 2.18. The molecule has 2 rings (SSSR count). The molecule has 2 atom stereocenters. The Kier molecular flexibility index (Phi) is 2.03. The maximum absolute atomic E-state index is 5.72. The third-order valence-corrected chi connectivity index (χ3v) is 2.85. The molecule has 0 spiro atoms. The fourth-order valence-electron chi connectivity index (χ4n) is 1.93. The highest BCUT2D eigenvalue weighted by Gasteiger charge is 2.35. The van der Waals surface area contributed by atoms with Crippen LogP contribution in [0.5, 0.6) is 0 Å². The standard InChI is InChI=1S/C8H12ClNO/c9-5-7-6-3-1-2-4-8(6)11-10-7/h6,8H,1-5H2/t6-,8-/m1/s1. The second-order valence-corrected chi connectivity index (χ2v) is 3.52. The lowest BCUT2D eigenvalue weighted by Crippen LogP contribution is -2.27. The minimum Gasteiger partial charge on any atom is -0.392 e. The van der Waals surface area contributed by atoms with Crippen LogP contribution in [0.2, 0.25) is 0 Å². The molecule has 0 radical (unpaired) electrons. The van der Waals surface area contributed by atoms with Gasteiger partial charge in [-0.3, -0.25) is 0 Å². The predicted molar refractivity (Wildman–Crippen MR) is 45.0 cm³/mol. The second-order valence-electron chi connectivity index (χ2n) is 3.25. The number of hydrogen-bond donors (Lipinski definition) is 0. The van der Waals surface area contributed by atoms with Gasteiger partial charge < -0.3 is 4.84 Å². The number of alkyl halides is 1. The van der Waals surface area contributed by atoms with E-state index in [2.05, 4.69) is 5.16 Å². The van der Waals surface area contributed by atoms with Crippen LogP contribution in [0.25, 0.3) is 0 Å². The molecule has 0 aromatic rings. The minimum absolute atomic E-state index is 0.359. The van der Waals surface area contributed by atoms with E-state index in [1.165, 1.54) is 19.3 Å². The highest BCUT2D eigenvalue weighted by atomic mass is 35.5. The zero-order valence-electron chi connectivity index (χ0n) is 6.42. The van der Waals surface area contributed by atoms with Crippen molar-refractivity contribution in [2.24, 2.45) is 11.1 Å². The van der Waals surface area contributed by atoms with Gasteiger partial charge in [-0.15, -0.1) is 11.6 Å². The van der Waals surface area contributed by atoms with E-state index < -0.39 is 0 Å². The van der Waals surface area contributed by atoms with Crippen LogP contribution in [0.4, 0.5) is 0 Å². The minimum atomic E-state index is 0.359. The normalized spacial score (nSPS) is 35.9. The molecule has 11 heavy (non-hydrogen) atoms. The number of hydrogen-bond acceptors (Lipinski definition) is 2. The van der Waals surface area contributed by atoms with E-state index >= 15 is 0 Å². The summed E-state index contributed by atoms with van der Waals surface area (Å²) in [7, 11) is 0. The lowest BCUT2D eigenvalue weighted by Gasteiger charge is -2.22. The first kappa shape index (κ1) is 7.41. The van der Waals surface area contributed by atoms with E-state index in [1.807, 2.05) is 0 Å². The van der Waals surface area contributed by atoms with E-state index in [0.29, 0.717) is 17.9 Å². The van der Waals surface area contributed by atoms with E-state index in [-0.39, 0.29) is 0 Å². The van der Waals surface area contributed by atoms with Gasteiger partial charge in [-0.25, -0.2) is 0 Å². The van der Waals surface area contributed by atoms with E-state index in [4.69, 9.17) is 16.4 Å². The summed E-state index contributed by atoms with van der Waals surface area (Å²) in [6, 6.07) is 0. The smallest absolute Gasteiger partial charge is 0.135 e. The topological polar surface area (TPSA) is 21.6 Å². The van der Waals surface area contributed by atoms with Crippen molar-refractivity contribution in [3.63, 3.8) is 0 Å². The van der Waals surface area contributed by atoms with Crippen LogP contribution < -0.4 is 0 Å². The van der Waals surface area contributed by atoms with Crippen LogP contribution in [-0.2, 0) is 4.84 Å². The highest BCUT2D eigenvalue weighted by Crippen LogP contribution is 2.32. The van der Waals surface area contributed by atoms with Gasteiger partial charge in [-0.1, -0.05) is 11.6 Å². The van der Waals surface area contributed by atoms with E-state index in [0.717, 1.165) is 12.1 Å². The summed E-state index contributed by atoms with van der Waals surface area (Å²) >= 11 is 5.72. The Balaban J connectivity index is 2.05. The SMILES string of the molecule is ClCC1=NO[C@@H]2CCCC[C@H]12. The Morgan fingerprint density at radius 3 is 3.09 bits per heavy atom. The van der Waals surface area contributed by atoms with Gasteiger partial charge in [0.25, 0.3) is 0 Å². The number of fused-ring (bicyclic) bond motifs is 1. The molecule has 3 heteroatoms. The number of nitrogens with zero attached hydrogens (tertiary/aromatic N) is 1. The van der Waals surface area contributed by atoms with Crippen LogP contribution in [0.3, 0.4) is 0 Å². The monoisotopic (exact) mass is 173 g/mol. The molecule has 0 saturated heterocycles. The molecular weight excluding hydrogens is 162 g/mol. The number of halogens is 1. The Morgan fingerprint density at radius 1 is 1.45 bits per heavy atom. The summed E-state index contributed by atoms with van der Waals surface area (Å²) in [6.07, 6.45) is 5.33. The highest BCUT2D eigenvalue weighted by molar-refractivity contribution is 6.29. The molecule has 0 aromatic carbocycles. The first-order chi connectivity index (χ1) is 5.42. The third kappa shape index (κ3) is 1.24. The molecule has 0 bridgehead atoms. The van der Waals surface area contributed by atoms with Crippen molar-refractivity contribution in [2.45, 2.75) is 31.8 Å². The van der Waals surface area contributed by atoms with Crippen molar-refractivity contribution in [1.29, 1.82) is 0 Å². The molecule has 0 amide bonds. The predicted octanol–water partition coefficient (Wildman–Crippen LogP) is 2.17. The average Bonchev–Trinajstić information content (AvgIpc) is 2.47. The van der Waals surface area contributed by atoms with Crippen molar-refractivity contribution in [2.75, 3.05) is 5.88 Å². The van der Waals surface area contributed by atoms with Gasteiger partial charge in [0.2, 0.25) is 0 Å². The Labute approximate surface area is 71.5 Å². The molecule has 2 nitrogen and oxygen atoms in total. The molecule has 1 heterocycles. The lowest BCUT2D eigenvalue weighted by molar-refractivity contribution is 0.0397. The first-order valence-corrected chi connectivity index (χ1v) is 4.74. The van der Waals surface area contributed by atoms with Crippen molar-refractivity contribution in [3.05, 3.63) is 0 Å². The van der Waals surface area contributed by atoms with Gasteiger partial charge in [0.05, 0.1) is 11.6 Å². The van der Waals surface area contributed by atoms with E-state index in [9.17, 15) is 0 Å². The molecular formula is C8H12ClNO. The lowest BCUT2D eigenvalue weighted by atomic mass is 9.84. The maximum atomic E-state index is 5.72. The van der Waals surface area contributed by atoms with Crippen molar-refractivity contribution in [3.8, 4) is 0 Å². The summed E-state index contributed by atoms with van der Waals surface area (Å²) in [5.74, 6) is 1.09. The maximum Gasteiger partial charge on any atom is 0.135 e. The van der Waals surface area contributed by atoms with Crippen molar-refractivity contribution < 1.29 is 4.84 Å². The fraction of sp³-hybridized carbons (Fsp3) is 0.875. The van der Waals surface area contributed by atoms with Crippen molar-refractivity contribution >= 4 is 17.3 Å². The van der Waals surface area contributed by atoms with E-state index in [1.54, 1.807) is 0 Å². The van der Waals surface area contributed by atoms with Crippen LogP contribution in [0.15, 0.2) is 5.16 Å². The third-order valence-electron chi connectivity index (χ3n) is 2.57. The van der Waals surface area contributed by atoms with Crippen LogP contribution in [0.1, 0.15) is 25.7 Å². The molecule has 1 aliphatic carbocycles. The first-order valence-electron chi connectivity index (χ1n) is 4.20. The second kappa shape index (κ2) is 3.02. The van der Waals surface area contributed by atoms with Gasteiger partial charge >= 0.3 is 0 Å². The Hall–Kier alpha value is -0.240. The summed E-state index contributed by atoms with van der Waals surface area (Å²) < 4.78 is 0. The molecule has 1 fully saturated rings. The zero-order valence-corrected chi connectivity index (χ0v) is 7.18. The van der Waals surface area contributed by atoms with Crippen LogP contribution in [0, 0.1) is 5.92 Å². The Bertz CT molecular complexity index is 181. The molecule has 0 aromatic heterocycles. The van der Waals surface area contributed by atoms with Crippen LogP contribution >= 0.6 is 11.6 Å². The molecule has 62 valence electrons. The molecule has 0 N–H and O–H groups in total. The average molecular weight is 174 g/mol. The summed E-state index contributed by atoms with van der Waals surface area (Å²) in [5, 5.41) is 3.98. The van der Waals surface area contributed by atoms with Crippen LogP contribution in [-0.4, -0.2) is 17.7 Å². The number of rotatable bonds is 1. The zero-order chi connectivity index (χ0) is 7.68. The summed E-state index contributed by atoms with van der Waals surface area (Å²) in [4.78, 5) is 5.26. The Morgan fingerprint density at radius 2 is 2.27 bits per heavy atom. The van der Waals surface area contributed by atoms with Gasteiger partial charge in [0.15, 0.2) is 0 Å². The van der Waals surface area contributed by atoms with Gasteiger partial charge in [0, 0.05) is 5.92 Å². The molecule has 1 saturated carbocycles.